The Morgan fingerprint density at radius 2 is 1.67 bits per heavy atom. The van der Waals surface area contributed by atoms with Crippen LogP contribution in [0.25, 0.3) is 20.5 Å². The molecule has 4 heteroatoms. The van der Waals surface area contributed by atoms with Gasteiger partial charge < -0.3 is 14.6 Å². The molecule has 1 aromatic heterocycles. The van der Waals surface area contributed by atoms with E-state index in [0.717, 1.165) is 37.8 Å². The number of benzene rings is 3. The Balaban J connectivity index is 1.87. The average molecular weight is 376 g/mol. The molecule has 27 heavy (non-hydrogen) atoms. The minimum atomic E-state index is 0.0237. The first-order valence-corrected chi connectivity index (χ1v) is 9.55. The van der Waals surface area contributed by atoms with Crippen LogP contribution in [0, 0.1) is 6.92 Å². The molecule has 3 aromatic carbocycles. The van der Waals surface area contributed by atoms with Gasteiger partial charge in [-0.15, -0.1) is 11.3 Å². The van der Waals surface area contributed by atoms with Gasteiger partial charge in [0.15, 0.2) is 5.75 Å². The Hall–Kier alpha value is -2.82. The topological polar surface area (TPSA) is 38.7 Å². The Morgan fingerprint density at radius 1 is 0.926 bits per heavy atom. The Labute approximate surface area is 162 Å². The van der Waals surface area contributed by atoms with Crippen LogP contribution in [0.2, 0.25) is 0 Å². The molecule has 0 aliphatic rings. The second-order valence-electron chi connectivity index (χ2n) is 6.34. The Bertz CT molecular complexity index is 1080. The summed E-state index contributed by atoms with van der Waals surface area (Å²) in [7, 11) is 1.68. The molecule has 3 nitrogen and oxygen atoms in total. The van der Waals surface area contributed by atoms with Crippen LogP contribution >= 0.6 is 11.3 Å². The quantitative estimate of drug-likeness (QED) is 0.453. The van der Waals surface area contributed by atoms with Crippen molar-refractivity contribution >= 4 is 21.4 Å². The number of hydrogen-bond donors (Lipinski definition) is 1. The molecular formula is C23H20O3S. The van der Waals surface area contributed by atoms with Gasteiger partial charge in [0.2, 0.25) is 0 Å². The first-order chi connectivity index (χ1) is 13.2. The van der Waals surface area contributed by atoms with Gasteiger partial charge in [-0.05, 0) is 53.9 Å². The summed E-state index contributed by atoms with van der Waals surface area (Å²) in [4.78, 5) is 1.10. The number of aryl methyl sites for hydroxylation is 1. The molecule has 0 radical (unpaired) electrons. The van der Waals surface area contributed by atoms with Gasteiger partial charge in [-0.3, -0.25) is 0 Å². The molecule has 0 bridgehead atoms. The number of aliphatic hydroxyl groups excluding tert-OH is 1. The summed E-state index contributed by atoms with van der Waals surface area (Å²) in [6.45, 7) is 2.13. The van der Waals surface area contributed by atoms with Gasteiger partial charge in [0.1, 0.15) is 11.5 Å². The monoisotopic (exact) mass is 376 g/mol. The highest BCUT2D eigenvalue weighted by Gasteiger charge is 2.18. The number of methoxy groups -OCH3 is 1. The van der Waals surface area contributed by atoms with Crippen LogP contribution in [-0.4, -0.2) is 12.2 Å². The molecule has 0 saturated carbocycles. The molecule has 0 spiro atoms. The summed E-state index contributed by atoms with van der Waals surface area (Å²) >= 11 is 1.70. The van der Waals surface area contributed by atoms with Gasteiger partial charge in [-0.25, -0.2) is 0 Å². The summed E-state index contributed by atoms with van der Waals surface area (Å²) in [5, 5.41) is 10.3. The minimum Gasteiger partial charge on any atom is -0.497 e. The number of hydrogen-bond acceptors (Lipinski definition) is 4. The zero-order valence-corrected chi connectivity index (χ0v) is 16.0. The highest BCUT2D eigenvalue weighted by Crippen LogP contribution is 2.47. The van der Waals surface area contributed by atoms with E-state index in [9.17, 15) is 5.11 Å². The van der Waals surface area contributed by atoms with Gasteiger partial charge in [0, 0.05) is 10.1 Å². The van der Waals surface area contributed by atoms with Crippen molar-refractivity contribution in [3.8, 4) is 27.7 Å². The maximum atomic E-state index is 9.25. The normalized spacial score (nSPS) is 10.9. The molecule has 0 unspecified atom stereocenters. The van der Waals surface area contributed by atoms with E-state index in [1.54, 1.807) is 18.4 Å². The Morgan fingerprint density at radius 3 is 2.37 bits per heavy atom. The van der Waals surface area contributed by atoms with E-state index in [0.29, 0.717) is 0 Å². The lowest BCUT2D eigenvalue weighted by molar-refractivity contribution is 0.281. The fourth-order valence-electron chi connectivity index (χ4n) is 3.07. The van der Waals surface area contributed by atoms with E-state index in [1.165, 1.54) is 11.1 Å². The molecule has 0 atom stereocenters. The van der Waals surface area contributed by atoms with Gasteiger partial charge in [0.25, 0.3) is 0 Å². The number of rotatable bonds is 5. The summed E-state index contributed by atoms with van der Waals surface area (Å²) in [6, 6.07) is 21.9. The standard InChI is InChI=1S/C23H20O3S/c1-15-5-3-4-6-19(15)23-22(26-17-9-7-16(14-24)8-10-17)20-12-11-18(25-2)13-21(20)27-23/h3-13,24H,14H2,1-2H3. The van der Waals surface area contributed by atoms with Crippen LogP contribution in [0.4, 0.5) is 0 Å². The predicted octanol–water partition coefficient (Wildman–Crippen LogP) is 6.17. The van der Waals surface area contributed by atoms with Crippen molar-refractivity contribution in [3.05, 3.63) is 77.9 Å². The molecule has 1 N–H and O–H groups in total. The van der Waals surface area contributed by atoms with Gasteiger partial charge in [-0.1, -0.05) is 36.4 Å². The highest BCUT2D eigenvalue weighted by atomic mass is 32.1. The third-order valence-electron chi connectivity index (χ3n) is 4.57. The molecule has 0 aliphatic carbocycles. The number of thiophene rings is 1. The van der Waals surface area contributed by atoms with Crippen molar-refractivity contribution in [1.82, 2.24) is 0 Å². The van der Waals surface area contributed by atoms with E-state index >= 15 is 0 Å². The van der Waals surface area contributed by atoms with Crippen LogP contribution in [-0.2, 0) is 6.61 Å². The largest absolute Gasteiger partial charge is 0.497 e. The van der Waals surface area contributed by atoms with Crippen LogP contribution in [0.5, 0.6) is 17.2 Å². The van der Waals surface area contributed by atoms with Crippen LogP contribution in [0.1, 0.15) is 11.1 Å². The summed E-state index contributed by atoms with van der Waals surface area (Å²) < 4.78 is 12.8. The molecule has 0 fully saturated rings. The average Bonchev–Trinajstić information content (AvgIpc) is 3.06. The summed E-state index contributed by atoms with van der Waals surface area (Å²) in [5.74, 6) is 2.43. The summed E-state index contributed by atoms with van der Waals surface area (Å²) in [6.07, 6.45) is 0. The molecule has 0 amide bonds. The van der Waals surface area contributed by atoms with Crippen molar-refractivity contribution in [1.29, 1.82) is 0 Å². The lowest BCUT2D eigenvalue weighted by Crippen LogP contribution is -1.88. The van der Waals surface area contributed by atoms with E-state index < -0.39 is 0 Å². The first kappa shape index (κ1) is 17.6. The molecule has 136 valence electrons. The van der Waals surface area contributed by atoms with Crippen molar-refractivity contribution in [2.45, 2.75) is 13.5 Å². The van der Waals surface area contributed by atoms with Crippen molar-refractivity contribution in [3.63, 3.8) is 0 Å². The molecule has 4 rings (SSSR count). The van der Waals surface area contributed by atoms with Crippen LogP contribution in [0.15, 0.2) is 66.7 Å². The molecular weight excluding hydrogens is 356 g/mol. The SMILES string of the molecule is COc1ccc2c(Oc3ccc(CO)cc3)c(-c3ccccc3C)sc2c1. The van der Waals surface area contributed by atoms with E-state index in [2.05, 4.69) is 19.1 Å². The van der Waals surface area contributed by atoms with Crippen molar-refractivity contribution in [2.75, 3.05) is 7.11 Å². The Kier molecular flexibility index (Phi) is 4.84. The van der Waals surface area contributed by atoms with Crippen molar-refractivity contribution in [2.24, 2.45) is 0 Å². The minimum absolute atomic E-state index is 0.0237. The first-order valence-electron chi connectivity index (χ1n) is 8.74. The zero-order valence-electron chi connectivity index (χ0n) is 15.2. The third-order valence-corrected chi connectivity index (χ3v) is 5.73. The van der Waals surface area contributed by atoms with E-state index in [4.69, 9.17) is 9.47 Å². The smallest absolute Gasteiger partial charge is 0.153 e. The number of fused-ring (bicyclic) bond motifs is 1. The predicted molar refractivity (Wildman–Crippen MR) is 111 cm³/mol. The van der Waals surface area contributed by atoms with Gasteiger partial charge >= 0.3 is 0 Å². The van der Waals surface area contributed by atoms with E-state index in [-0.39, 0.29) is 6.61 Å². The van der Waals surface area contributed by atoms with E-state index in [1.807, 2.05) is 54.6 Å². The fourth-order valence-corrected chi connectivity index (χ4v) is 4.32. The number of aliphatic hydroxyl groups is 1. The molecule has 4 aromatic rings. The third kappa shape index (κ3) is 3.42. The second-order valence-corrected chi connectivity index (χ2v) is 7.39. The molecule has 0 aliphatic heterocycles. The van der Waals surface area contributed by atoms with Crippen molar-refractivity contribution < 1.29 is 14.6 Å². The van der Waals surface area contributed by atoms with Gasteiger partial charge in [-0.2, -0.15) is 0 Å². The fraction of sp³-hybridized carbons (Fsp3) is 0.130. The van der Waals surface area contributed by atoms with Crippen LogP contribution in [0.3, 0.4) is 0 Å². The lowest BCUT2D eigenvalue weighted by Gasteiger charge is -2.10. The molecule has 1 heterocycles. The number of ether oxygens (including phenoxy) is 2. The second kappa shape index (κ2) is 7.43. The maximum Gasteiger partial charge on any atom is 0.153 e. The summed E-state index contributed by atoms with van der Waals surface area (Å²) in [5.41, 5.74) is 3.23. The molecule has 0 saturated heterocycles. The lowest BCUT2D eigenvalue weighted by atomic mass is 10.1. The van der Waals surface area contributed by atoms with Crippen LogP contribution < -0.4 is 9.47 Å². The zero-order chi connectivity index (χ0) is 18.8. The highest BCUT2D eigenvalue weighted by molar-refractivity contribution is 7.22. The maximum absolute atomic E-state index is 9.25. The van der Waals surface area contributed by atoms with Gasteiger partial charge in [0.05, 0.1) is 18.6 Å².